The highest BCUT2D eigenvalue weighted by Gasteiger charge is 2.36. The molecule has 2 N–H and O–H groups in total. The van der Waals surface area contributed by atoms with Crippen LogP contribution < -0.4 is 15.0 Å². The number of sulfone groups is 1. The fourth-order valence-electron chi connectivity index (χ4n) is 4.62. The average molecular weight is 537 g/mol. The molecule has 2 fully saturated rings. The molecule has 2 aliphatic rings. The topological polar surface area (TPSA) is 138 Å². The van der Waals surface area contributed by atoms with Crippen molar-refractivity contribution in [2.75, 3.05) is 69.3 Å². The molecule has 0 spiro atoms. The van der Waals surface area contributed by atoms with Crippen LogP contribution >= 0.6 is 11.6 Å². The number of nitrogens with zero attached hydrogens (tertiary/aromatic N) is 5. The number of nitrogens with one attached hydrogen (secondary N) is 1. The zero-order valence-corrected chi connectivity index (χ0v) is 21.5. The van der Waals surface area contributed by atoms with Gasteiger partial charge >= 0.3 is 0 Å². The van der Waals surface area contributed by atoms with Crippen LogP contribution in [-0.2, 0) is 14.6 Å². The molecule has 1 aromatic heterocycles. The average Bonchev–Trinajstić information content (AvgIpc) is 3.38. The van der Waals surface area contributed by atoms with Gasteiger partial charge in [-0.3, -0.25) is 4.90 Å². The van der Waals surface area contributed by atoms with E-state index in [-0.39, 0.29) is 27.8 Å². The summed E-state index contributed by atoms with van der Waals surface area (Å²) in [6.07, 6.45) is 0.369. The third-order valence-corrected chi connectivity index (χ3v) is 9.35. The van der Waals surface area contributed by atoms with E-state index in [1.54, 1.807) is 30.2 Å². The van der Waals surface area contributed by atoms with E-state index in [1.165, 1.54) is 12.1 Å². The lowest BCUT2D eigenvalue weighted by Crippen LogP contribution is -2.99. The van der Waals surface area contributed by atoms with Gasteiger partial charge in [-0.05, 0) is 30.7 Å². The van der Waals surface area contributed by atoms with E-state index in [1.807, 2.05) is 6.07 Å². The molecule has 194 valence electrons. The van der Waals surface area contributed by atoms with Gasteiger partial charge in [0.15, 0.2) is 9.84 Å². The summed E-state index contributed by atoms with van der Waals surface area (Å²) in [6, 6.07) is 9.72. The van der Waals surface area contributed by atoms with Crippen molar-refractivity contribution in [1.82, 2.24) is 9.88 Å². The second-order valence-corrected chi connectivity index (χ2v) is 11.4. The summed E-state index contributed by atoms with van der Waals surface area (Å²) in [4.78, 5) is 10.5. The molecule has 0 radical (unpaired) electrons. The lowest BCUT2D eigenvalue weighted by molar-refractivity contribution is -0.991. The number of hydrogen-bond donors (Lipinski definition) is 2. The van der Waals surface area contributed by atoms with Gasteiger partial charge in [-0.2, -0.15) is 10.5 Å². The number of aromatic nitrogens is 1. The van der Waals surface area contributed by atoms with E-state index in [0.717, 1.165) is 38.4 Å². The Hall–Kier alpha value is -2.50. The molecule has 0 bridgehead atoms. The molecule has 36 heavy (non-hydrogen) atoms. The predicted molar refractivity (Wildman–Crippen MR) is 135 cm³/mol. The Morgan fingerprint density at radius 1 is 1.22 bits per heavy atom. The van der Waals surface area contributed by atoms with Crippen molar-refractivity contribution >= 4 is 38.6 Å². The zero-order valence-electron chi connectivity index (χ0n) is 19.9. The molecule has 2 saturated heterocycles. The minimum atomic E-state index is -3.72. The summed E-state index contributed by atoms with van der Waals surface area (Å²) >= 11 is 6.50. The van der Waals surface area contributed by atoms with E-state index in [9.17, 15) is 24.1 Å². The number of benzene rings is 1. The first-order valence-electron chi connectivity index (χ1n) is 11.6. The van der Waals surface area contributed by atoms with Crippen molar-refractivity contribution in [3.63, 3.8) is 0 Å². The zero-order chi connectivity index (χ0) is 25.9. The largest absolute Gasteiger partial charge is 0.595 e. The Kier molecular flexibility index (Phi) is 8.31. The molecule has 3 heterocycles. The fourth-order valence-corrected chi connectivity index (χ4v) is 6.86. The van der Waals surface area contributed by atoms with E-state index in [0.29, 0.717) is 25.4 Å². The highest BCUT2D eigenvalue weighted by atomic mass is 35.5. The molecule has 13 heteroatoms. The first-order chi connectivity index (χ1) is 17.2. The SMILES string of the molecule is COCCN1CCN(c2ccc(S(=O)(=O)[C@H]3CCN(c4ccc([NH+]([O-])O)c(C#N)n4)C3)c(Cl)c2)CC1. The Morgan fingerprint density at radius 2 is 1.97 bits per heavy atom. The first-order valence-corrected chi connectivity index (χ1v) is 13.6. The smallest absolute Gasteiger partial charge is 0.207 e. The number of methoxy groups -OCH3 is 1. The van der Waals surface area contributed by atoms with Gasteiger partial charge in [-0.1, -0.05) is 11.6 Å². The standard InChI is InChI=1S/C23H29ClN6O5S/c1-35-13-12-27-8-10-28(11-9-27)17-2-4-22(19(24)14-17)36(33,34)18-6-7-29(16-18)23-5-3-21(30(31)32)20(15-25)26-23/h2-5,14,18,30-31H,6-13,16H2,1H3/t18-/m0/s1. The fraction of sp³-hybridized carbons (Fsp3) is 0.478. The van der Waals surface area contributed by atoms with Crippen LogP contribution in [0.25, 0.3) is 0 Å². The number of ether oxygens (including phenoxy) is 1. The second-order valence-electron chi connectivity index (χ2n) is 8.82. The summed E-state index contributed by atoms with van der Waals surface area (Å²) in [6.45, 7) is 5.61. The third-order valence-electron chi connectivity index (χ3n) is 6.70. The van der Waals surface area contributed by atoms with Crippen molar-refractivity contribution in [3.05, 3.63) is 46.3 Å². The molecule has 4 rings (SSSR count). The molecule has 2 aliphatic heterocycles. The number of pyridine rings is 1. The second kappa shape index (κ2) is 11.3. The Bertz CT molecular complexity index is 1230. The van der Waals surface area contributed by atoms with Gasteiger partial charge < -0.3 is 19.7 Å². The van der Waals surface area contributed by atoms with E-state index >= 15 is 0 Å². The number of rotatable bonds is 8. The van der Waals surface area contributed by atoms with Crippen LogP contribution in [0.2, 0.25) is 5.02 Å². The number of hydrogen-bond acceptors (Lipinski definition) is 10. The van der Waals surface area contributed by atoms with Crippen LogP contribution in [0.4, 0.5) is 17.2 Å². The molecule has 0 saturated carbocycles. The highest BCUT2D eigenvalue weighted by molar-refractivity contribution is 7.92. The minimum Gasteiger partial charge on any atom is -0.595 e. The monoisotopic (exact) mass is 536 g/mol. The van der Waals surface area contributed by atoms with E-state index in [2.05, 4.69) is 14.8 Å². The van der Waals surface area contributed by atoms with Gasteiger partial charge in [0.1, 0.15) is 11.9 Å². The summed E-state index contributed by atoms with van der Waals surface area (Å²) < 4.78 is 32.0. The van der Waals surface area contributed by atoms with Gasteiger partial charge in [0.05, 0.1) is 21.8 Å². The maximum Gasteiger partial charge on any atom is 0.207 e. The Labute approximate surface area is 215 Å². The van der Waals surface area contributed by atoms with Crippen molar-refractivity contribution in [2.24, 2.45) is 0 Å². The van der Waals surface area contributed by atoms with Crippen molar-refractivity contribution in [2.45, 2.75) is 16.6 Å². The van der Waals surface area contributed by atoms with Gasteiger partial charge in [0.2, 0.25) is 11.4 Å². The van der Waals surface area contributed by atoms with E-state index < -0.39 is 20.3 Å². The van der Waals surface area contributed by atoms with Crippen LogP contribution in [0.1, 0.15) is 12.1 Å². The Balaban J connectivity index is 1.45. The quantitative estimate of drug-likeness (QED) is 0.466. The molecular weight excluding hydrogens is 508 g/mol. The van der Waals surface area contributed by atoms with Crippen LogP contribution in [-0.4, -0.2) is 88.3 Å². The van der Waals surface area contributed by atoms with Gasteiger partial charge in [-0.15, -0.1) is 0 Å². The highest BCUT2D eigenvalue weighted by Crippen LogP contribution is 2.33. The van der Waals surface area contributed by atoms with Crippen LogP contribution in [0.5, 0.6) is 0 Å². The normalized spacial score (nSPS) is 19.9. The summed E-state index contributed by atoms with van der Waals surface area (Å²) in [5, 5.41) is 28.0. The maximum atomic E-state index is 13.4. The van der Waals surface area contributed by atoms with Crippen LogP contribution in [0, 0.1) is 16.5 Å². The van der Waals surface area contributed by atoms with Gasteiger partial charge in [0, 0.05) is 64.7 Å². The molecule has 1 aromatic carbocycles. The van der Waals surface area contributed by atoms with Gasteiger partial charge in [-0.25, -0.2) is 18.6 Å². The number of nitriles is 1. The number of quaternary nitrogens is 1. The summed E-state index contributed by atoms with van der Waals surface area (Å²) in [5.74, 6) is 0.375. The van der Waals surface area contributed by atoms with Gasteiger partial charge in [0.25, 0.3) is 0 Å². The molecule has 2 atom stereocenters. The molecule has 2 aromatic rings. The van der Waals surface area contributed by atoms with Crippen LogP contribution in [0.15, 0.2) is 35.2 Å². The molecule has 0 amide bonds. The number of anilines is 2. The number of halogens is 1. The van der Waals surface area contributed by atoms with Crippen molar-refractivity contribution in [3.8, 4) is 6.07 Å². The molecule has 11 nitrogen and oxygen atoms in total. The number of piperazine rings is 1. The lowest BCUT2D eigenvalue weighted by atomic mass is 10.2. The van der Waals surface area contributed by atoms with Crippen LogP contribution in [0.3, 0.4) is 0 Å². The first kappa shape index (κ1) is 26.6. The summed E-state index contributed by atoms with van der Waals surface area (Å²) in [5.41, 5.74) is 0.502. The third kappa shape index (κ3) is 5.57. The summed E-state index contributed by atoms with van der Waals surface area (Å²) in [7, 11) is -2.02. The lowest BCUT2D eigenvalue weighted by Gasteiger charge is -2.36. The van der Waals surface area contributed by atoms with Crippen molar-refractivity contribution < 1.29 is 23.6 Å². The predicted octanol–water partition coefficient (Wildman–Crippen LogP) is 0.831. The van der Waals surface area contributed by atoms with E-state index in [4.69, 9.17) is 16.3 Å². The van der Waals surface area contributed by atoms with Crippen molar-refractivity contribution in [1.29, 1.82) is 5.26 Å². The maximum absolute atomic E-state index is 13.4. The molecule has 1 unspecified atom stereocenters. The molecule has 0 aliphatic carbocycles. The molecular formula is C23H29ClN6O5S. The minimum absolute atomic E-state index is 0.102. The Morgan fingerprint density at radius 3 is 2.61 bits per heavy atom.